The number of hydrogen-bond donors (Lipinski definition) is 0. The fourth-order valence-electron chi connectivity index (χ4n) is 1.79. The lowest BCUT2D eigenvalue weighted by Gasteiger charge is -2.18. The van der Waals surface area contributed by atoms with Gasteiger partial charge in [-0.1, -0.05) is 39.0 Å². The van der Waals surface area contributed by atoms with E-state index >= 15 is 0 Å². The van der Waals surface area contributed by atoms with Crippen LogP contribution in [-0.2, 0) is 14.3 Å². The van der Waals surface area contributed by atoms with Gasteiger partial charge in [-0.3, -0.25) is 0 Å². The van der Waals surface area contributed by atoms with Crippen LogP contribution in [0.1, 0.15) is 40.2 Å². The van der Waals surface area contributed by atoms with Crippen LogP contribution in [0, 0.1) is 5.41 Å². The molecule has 0 amide bonds. The molecule has 0 aliphatic rings. The quantitative estimate of drug-likeness (QED) is 0.257. The standard InChI is InChI=1S/C20H27NO4/c1-14(20(3,4)5)12-21-15(2)25-18-11-9-8-10-16(18)17(13-23-6)19(22)24-7/h8-13H,1-7H3/b14-12+,17-13+,21-15?. The Morgan fingerprint density at radius 3 is 2.32 bits per heavy atom. The third kappa shape index (κ3) is 6.10. The first-order valence-electron chi connectivity index (χ1n) is 8.01. The van der Waals surface area contributed by atoms with Crippen molar-refractivity contribution < 1.29 is 19.0 Å². The molecule has 5 heteroatoms. The Bertz CT molecular complexity index is 694. The Kier molecular flexibility index (Phi) is 7.43. The second-order valence-corrected chi connectivity index (χ2v) is 6.57. The van der Waals surface area contributed by atoms with E-state index in [2.05, 4.69) is 25.8 Å². The van der Waals surface area contributed by atoms with E-state index in [1.54, 1.807) is 25.3 Å². The summed E-state index contributed by atoms with van der Waals surface area (Å²) in [6.07, 6.45) is 3.13. The van der Waals surface area contributed by atoms with E-state index in [0.29, 0.717) is 17.2 Å². The Morgan fingerprint density at radius 2 is 1.76 bits per heavy atom. The molecular weight excluding hydrogens is 318 g/mol. The number of ether oxygens (including phenoxy) is 3. The number of para-hydroxylation sites is 1. The van der Waals surface area contributed by atoms with Crippen molar-refractivity contribution in [1.29, 1.82) is 0 Å². The van der Waals surface area contributed by atoms with E-state index in [-0.39, 0.29) is 11.0 Å². The van der Waals surface area contributed by atoms with Crippen molar-refractivity contribution in [2.24, 2.45) is 10.4 Å². The van der Waals surface area contributed by atoms with Gasteiger partial charge in [0.1, 0.15) is 11.3 Å². The number of esters is 1. The van der Waals surface area contributed by atoms with Gasteiger partial charge >= 0.3 is 5.97 Å². The van der Waals surface area contributed by atoms with E-state index in [0.717, 1.165) is 5.57 Å². The lowest BCUT2D eigenvalue weighted by molar-refractivity contribution is -0.133. The molecule has 0 saturated carbocycles. The van der Waals surface area contributed by atoms with Crippen LogP contribution in [0.25, 0.3) is 5.57 Å². The van der Waals surface area contributed by atoms with Crippen LogP contribution in [0.3, 0.4) is 0 Å². The first kappa shape index (κ1) is 20.5. The number of hydrogen-bond acceptors (Lipinski definition) is 5. The Morgan fingerprint density at radius 1 is 1.12 bits per heavy atom. The molecule has 25 heavy (non-hydrogen) atoms. The first-order valence-corrected chi connectivity index (χ1v) is 8.01. The molecule has 0 bridgehead atoms. The summed E-state index contributed by atoms with van der Waals surface area (Å²) >= 11 is 0. The minimum atomic E-state index is -0.504. The maximum atomic E-state index is 12.0. The van der Waals surface area contributed by atoms with Crippen molar-refractivity contribution in [1.82, 2.24) is 0 Å². The minimum Gasteiger partial charge on any atom is -0.503 e. The normalized spacial score (nSPS) is 13.5. The van der Waals surface area contributed by atoms with Gasteiger partial charge < -0.3 is 14.2 Å². The zero-order chi connectivity index (χ0) is 19.0. The summed E-state index contributed by atoms with van der Waals surface area (Å²) in [7, 11) is 2.79. The van der Waals surface area contributed by atoms with Gasteiger partial charge in [0.15, 0.2) is 5.90 Å². The Labute approximate surface area is 150 Å². The van der Waals surface area contributed by atoms with Gasteiger partial charge in [-0.25, -0.2) is 9.79 Å². The number of carbonyl (C=O) groups is 1. The molecule has 0 saturated heterocycles. The molecule has 0 fully saturated rings. The predicted octanol–water partition coefficient (Wildman–Crippen LogP) is 4.59. The van der Waals surface area contributed by atoms with Crippen molar-refractivity contribution in [3.63, 3.8) is 0 Å². The second kappa shape index (κ2) is 9.06. The third-order valence-electron chi connectivity index (χ3n) is 3.70. The smallest absolute Gasteiger partial charge is 0.341 e. The molecule has 1 rings (SSSR count). The van der Waals surface area contributed by atoms with Crippen molar-refractivity contribution >= 4 is 17.4 Å². The van der Waals surface area contributed by atoms with E-state index in [1.807, 2.05) is 19.1 Å². The number of allylic oxidation sites excluding steroid dienone is 1. The van der Waals surface area contributed by atoms with Gasteiger partial charge in [0.2, 0.25) is 0 Å². The second-order valence-electron chi connectivity index (χ2n) is 6.57. The highest BCUT2D eigenvalue weighted by Gasteiger charge is 2.18. The lowest BCUT2D eigenvalue weighted by atomic mass is 9.88. The highest BCUT2D eigenvalue weighted by atomic mass is 16.5. The van der Waals surface area contributed by atoms with Crippen molar-refractivity contribution in [2.45, 2.75) is 34.6 Å². The molecule has 1 aromatic rings. The van der Waals surface area contributed by atoms with Crippen LogP contribution in [-0.4, -0.2) is 26.1 Å². The van der Waals surface area contributed by atoms with Crippen molar-refractivity contribution in [3.8, 4) is 5.75 Å². The molecule has 0 aliphatic heterocycles. The number of carbonyl (C=O) groups excluding carboxylic acids is 1. The monoisotopic (exact) mass is 345 g/mol. The van der Waals surface area contributed by atoms with Gasteiger partial charge in [0.25, 0.3) is 0 Å². The molecule has 0 unspecified atom stereocenters. The average molecular weight is 345 g/mol. The molecule has 1 aromatic carbocycles. The van der Waals surface area contributed by atoms with E-state index in [4.69, 9.17) is 14.2 Å². The summed E-state index contributed by atoms with van der Waals surface area (Å²) in [5, 5.41) is 0. The number of rotatable bonds is 5. The topological polar surface area (TPSA) is 57.1 Å². The van der Waals surface area contributed by atoms with Gasteiger partial charge in [0, 0.05) is 18.7 Å². The Hall–Kier alpha value is -2.56. The van der Waals surface area contributed by atoms with E-state index in [1.165, 1.54) is 20.5 Å². The molecular formula is C20H27NO4. The lowest BCUT2D eigenvalue weighted by Crippen LogP contribution is -2.10. The van der Waals surface area contributed by atoms with Crippen molar-refractivity contribution in [2.75, 3.05) is 14.2 Å². The van der Waals surface area contributed by atoms with E-state index in [9.17, 15) is 4.79 Å². The molecule has 0 N–H and O–H groups in total. The SMILES string of the molecule is CO/C=C(/C(=O)OC)c1ccccc1OC(C)=N/C=C(\C)C(C)(C)C. The summed E-state index contributed by atoms with van der Waals surface area (Å²) in [6.45, 7) is 10.2. The average Bonchev–Trinajstić information content (AvgIpc) is 2.56. The number of nitrogens with zero attached hydrogens (tertiary/aromatic N) is 1. The largest absolute Gasteiger partial charge is 0.503 e. The van der Waals surface area contributed by atoms with Crippen LogP contribution >= 0.6 is 0 Å². The van der Waals surface area contributed by atoms with Gasteiger partial charge in [-0.2, -0.15) is 0 Å². The molecule has 0 aromatic heterocycles. The van der Waals surface area contributed by atoms with Crippen molar-refractivity contribution in [3.05, 3.63) is 47.9 Å². The maximum absolute atomic E-state index is 12.0. The minimum absolute atomic E-state index is 0.0426. The Balaban J connectivity index is 3.16. The highest BCUT2D eigenvalue weighted by Crippen LogP contribution is 2.28. The molecule has 0 atom stereocenters. The molecule has 0 radical (unpaired) electrons. The summed E-state index contributed by atoms with van der Waals surface area (Å²) in [4.78, 5) is 16.4. The van der Waals surface area contributed by atoms with Gasteiger partial charge in [0.05, 0.1) is 20.5 Å². The van der Waals surface area contributed by atoms with Crippen LogP contribution < -0.4 is 4.74 Å². The summed E-state index contributed by atoms with van der Waals surface area (Å²) in [6, 6.07) is 7.16. The van der Waals surface area contributed by atoms with E-state index < -0.39 is 5.97 Å². The zero-order valence-electron chi connectivity index (χ0n) is 16.0. The maximum Gasteiger partial charge on any atom is 0.341 e. The first-order chi connectivity index (χ1) is 11.7. The fraction of sp³-hybridized carbons (Fsp3) is 0.400. The summed E-state index contributed by atoms with van der Waals surface area (Å²) in [5.74, 6) is 0.466. The zero-order valence-corrected chi connectivity index (χ0v) is 16.0. The number of methoxy groups -OCH3 is 2. The van der Waals surface area contributed by atoms with Crippen LogP contribution in [0.4, 0.5) is 0 Å². The number of aliphatic imine (C=N–C) groups is 1. The van der Waals surface area contributed by atoms with Gasteiger partial charge in [-0.15, -0.1) is 0 Å². The summed E-state index contributed by atoms with van der Waals surface area (Å²) in [5.41, 5.74) is 2.02. The molecule has 0 heterocycles. The van der Waals surface area contributed by atoms with Crippen LogP contribution in [0.15, 0.2) is 47.3 Å². The summed E-state index contributed by atoms with van der Waals surface area (Å²) < 4.78 is 15.6. The highest BCUT2D eigenvalue weighted by molar-refractivity contribution is 6.17. The number of benzene rings is 1. The predicted molar refractivity (Wildman–Crippen MR) is 100 cm³/mol. The molecule has 5 nitrogen and oxygen atoms in total. The van der Waals surface area contributed by atoms with Gasteiger partial charge in [-0.05, 0) is 24.0 Å². The fourth-order valence-corrected chi connectivity index (χ4v) is 1.79. The third-order valence-corrected chi connectivity index (χ3v) is 3.70. The van der Waals surface area contributed by atoms with Crippen LogP contribution in [0.5, 0.6) is 5.75 Å². The van der Waals surface area contributed by atoms with Crippen LogP contribution in [0.2, 0.25) is 0 Å². The molecule has 0 spiro atoms. The molecule has 0 aliphatic carbocycles. The molecule has 136 valence electrons.